The van der Waals surface area contributed by atoms with E-state index in [1.165, 1.54) is 11.1 Å². The Balaban J connectivity index is 1.60. The summed E-state index contributed by atoms with van der Waals surface area (Å²) in [5, 5.41) is 3.02. The second-order valence-electron chi connectivity index (χ2n) is 6.33. The summed E-state index contributed by atoms with van der Waals surface area (Å²) in [6, 6.07) is 6.02. The number of nitrogens with one attached hydrogen (secondary N) is 1. The number of carbonyl (C=O) groups is 1. The van der Waals surface area contributed by atoms with E-state index in [0.717, 1.165) is 38.2 Å². The first kappa shape index (κ1) is 15.2. The van der Waals surface area contributed by atoms with Crippen LogP contribution in [0.15, 0.2) is 18.2 Å². The van der Waals surface area contributed by atoms with Gasteiger partial charge in [0, 0.05) is 31.8 Å². The van der Waals surface area contributed by atoms with Crippen LogP contribution in [-0.2, 0) is 17.7 Å². The molecule has 0 bridgehead atoms. The highest BCUT2D eigenvalue weighted by molar-refractivity contribution is 5.74. The number of urea groups is 1. The third kappa shape index (κ3) is 3.04. The average Bonchev–Trinajstić information content (AvgIpc) is 2.98. The summed E-state index contributed by atoms with van der Waals surface area (Å²) in [5.41, 5.74) is 2.19. The van der Waals surface area contributed by atoms with Gasteiger partial charge in [0.25, 0.3) is 0 Å². The van der Waals surface area contributed by atoms with Crippen molar-refractivity contribution in [3.05, 3.63) is 29.3 Å². The van der Waals surface area contributed by atoms with Crippen LogP contribution in [0.3, 0.4) is 0 Å². The van der Waals surface area contributed by atoms with Crippen molar-refractivity contribution >= 4 is 6.03 Å². The first-order valence-electron chi connectivity index (χ1n) is 7.93. The Morgan fingerprint density at radius 3 is 3.09 bits per heavy atom. The van der Waals surface area contributed by atoms with Gasteiger partial charge in [-0.3, -0.25) is 0 Å². The fourth-order valence-corrected chi connectivity index (χ4v) is 3.29. The van der Waals surface area contributed by atoms with Gasteiger partial charge in [0.2, 0.25) is 0 Å². The van der Waals surface area contributed by atoms with E-state index < -0.39 is 0 Å². The third-order valence-electron chi connectivity index (χ3n) is 4.64. The Kier molecular flexibility index (Phi) is 4.25. The summed E-state index contributed by atoms with van der Waals surface area (Å²) < 4.78 is 11.1. The van der Waals surface area contributed by atoms with Gasteiger partial charge >= 0.3 is 6.03 Å². The summed E-state index contributed by atoms with van der Waals surface area (Å²) in [6.07, 6.45) is 2.91. The van der Waals surface area contributed by atoms with Crippen LogP contribution in [0.25, 0.3) is 0 Å². The Labute approximate surface area is 131 Å². The number of hydrogen-bond acceptors (Lipinski definition) is 3. The predicted molar refractivity (Wildman–Crippen MR) is 84.1 cm³/mol. The lowest BCUT2D eigenvalue weighted by Gasteiger charge is -2.31. The van der Waals surface area contributed by atoms with Crippen LogP contribution in [0.4, 0.5) is 4.79 Å². The molecular weight excluding hydrogens is 280 g/mol. The molecule has 1 N–H and O–H groups in total. The van der Waals surface area contributed by atoms with E-state index in [0.29, 0.717) is 13.1 Å². The summed E-state index contributed by atoms with van der Waals surface area (Å²) in [7, 11) is 1.69. The van der Waals surface area contributed by atoms with Crippen molar-refractivity contribution in [1.82, 2.24) is 10.2 Å². The highest BCUT2D eigenvalue weighted by Crippen LogP contribution is 2.28. The Morgan fingerprint density at radius 1 is 1.50 bits per heavy atom. The molecule has 2 aliphatic rings. The Hall–Kier alpha value is -1.75. The largest absolute Gasteiger partial charge is 0.496 e. The van der Waals surface area contributed by atoms with Gasteiger partial charge in [-0.05, 0) is 37.8 Å². The van der Waals surface area contributed by atoms with Crippen LogP contribution in [0.1, 0.15) is 30.9 Å². The molecule has 2 heterocycles. The molecule has 5 nitrogen and oxygen atoms in total. The molecule has 1 aromatic carbocycles. The molecule has 2 amide bonds. The summed E-state index contributed by atoms with van der Waals surface area (Å²) >= 11 is 0. The molecule has 2 aliphatic heterocycles. The van der Waals surface area contributed by atoms with Gasteiger partial charge in [-0.2, -0.15) is 0 Å². The van der Waals surface area contributed by atoms with Crippen LogP contribution in [0, 0.1) is 0 Å². The van der Waals surface area contributed by atoms with E-state index in [4.69, 9.17) is 9.47 Å². The maximum atomic E-state index is 12.4. The number of amides is 2. The zero-order valence-corrected chi connectivity index (χ0v) is 13.4. The summed E-state index contributed by atoms with van der Waals surface area (Å²) in [6.45, 7) is 4.79. The van der Waals surface area contributed by atoms with Crippen molar-refractivity contribution in [2.75, 3.05) is 26.8 Å². The van der Waals surface area contributed by atoms with Crippen LogP contribution in [0.2, 0.25) is 0 Å². The van der Waals surface area contributed by atoms with E-state index in [1.807, 2.05) is 17.0 Å². The minimum atomic E-state index is -0.202. The first-order chi connectivity index (χ1) is 10.6. The van der Waals surface area contributed by atoms with E-state index in [1.54, 1.807) is 7.11 Å². The number of methoxy groups -OCH3 is 1. The van der Waals surface area contributed by atoms with Gasteiger partial charge in [0.1, 0.15) is 5.75 Å². The van der Waals surface area contributed by atoms with E-state index in [9.17, 15) is 4.79 Å². The van der Waals surface area contributed by atoms with Gasteiger partial charge in [-0.25, -0.2) is 4.79 Å². The zero-order valence-electron chi connectivity index (χ0n) is 13.4. The topological polar surface area (TPSA) is 50.8 Å². The molecule has 0 radical (unpaired) electrons. The quantitative estimate of drug-likeness (QED) is 0.932. The van der Waals surface area contributed by atoms with Crippen molar-refractivity contribution in [3.8, 4) is 5.75 Å². The molecule has 1 saturated heterocycles. The van der Waals surface area contributed by atoms with Crippen molar-refractivity contribution < 1.29 is 14.3 Å². The fourth-order valence-electron chi connectivity index (χ4n) is 3.29. The summed E-state index contributed by atoms with van der Waals surface area (Å²) in [5.74, 6) is 0.921. The zero-order chi connectivity index (χ0) is 15.6. The molecule has 120 valence electrons. The standard InChI is InChI=1S/C17H24N2O3/c1-17(8-4-10-22-17)12-18-16(20)19-9-7-14-13(11-19)5-3-6-15(14)21-2/h3,5-6H,4,7-12H2,1-2H3,(H,18,20)/t17-/m0/s1. The van der Waals surface area contributed by atoms with Crippen LogP contribution < -0.4 is 10.1 Å². The average molecular weight is 304 g/mol. The normalized spacial score (nSPS) is 24.0. The molecule has 1 aromatic rings. The number of ether oxygens (including phenoxy) is 2. The van der Waals surface area contributed by atoms with Gasteiger partial charge in [0.05, 0.1) is 12.7 Å². The van der Waals surface area contributed by atoms with Crippen LogP contribution >= 0.6 is 0 Å². The monoisotopic (exact) mass is 304 g/mol. The van der Waals surface area contributed by atoms with E-state index in [2.05, 4.69) is 18.3 Å². The highest BCUT2D eigenvalue weighted by atomic mass is 16.5. The molecule has 0 aliphatic carbocycles. The van der Waals surface area contributed by atoms with Crippen LogP contribution in [0.5, 0.6) is 5.75 Å². The molecule has 1 atom stereocenters. The minimum absolute atomic E-state index is 0.00908. The number of nitrogens with zero attached hydrogens (tertiary/aromatic N) is 1. The van der Waals surface area contributed by atoms with Crippen molar-refractivity contribution in [3.63, 3.8) is 0 Å². The molecular formula is C17H24N2O3. The number of benzene rings is 1. The van der Waals surface area contributed by atoms with Gasteiger partial charge in [-0.1, -0.05) is 12.1 Å². The lowest BCUT2D eigenvalue weighted by molar-refractivity contribution is 0.0218. The molecule has 0 unspecified atom stereocenters. The van der Waals surface area contributed by atoms with E-state index in [-0.39, 0.29) is 11.6 Å². The molecule has 0 aromatic heterocycles. The number of rotatable bonds is 3. The fraction of sp³-hybridized carbons (Fsp3) is 0.588. The summed E-state index contributed by atoms with van der Waals surface area (Å²) in [4.78, 5) is 14.3. The van der Waals surface area contributed by atoms with E-state index >= 15 is 0 Å². The van der Waals surface area contributed by atoms with Crippen molar-refractivity contribution in [2.45, 2.75) is 38.3 Å². The van der Waals surface area contributed by atoms with Gasteiger partial charge < -0.3 is 19.7 Å². The Bertz CT molecular complexity index is 553. The van der Waals surface area contributed by atoms with Gasteiger partial charge in [0.15, 0.2) is 0 Å². The molecule has 0 saturated carbocycles. The molecule has 0 spiro atoms. The van der Waals surface area contributed by atoms with Crippen LogP contribution in [-0.4, -0.2) is 43.3 Å². The molecule has 22 heavy (non-hydrogen) atoms. The molecule has 5 heteroatoms. The maximum Gasteiger partial charge on any atom is 0.317 e. The number of carbonyl (C=O) groups excluding carboxylic acids is 1. The smallest absolute Gasteiger partial charge is 0.317 e. The third-order valence-corrected chi connectivity index (χ3v) is 4.64. The second kappa shape index (κ2) is 6.16. The molecule has 1 fully saturated rings. The number of hydrogen-bond donors (Lipinski definition) is 1. The predicted octanol–water partition coefficient (Wildman–Crippen LogP) is 2.33. The number of fused-ring (bicyclic) bond motifs is 1. The Morgan fingerprint density at radius 2 is 2.36 bits per heavy atom. The van der Waals surface area contributed by atoms with Gasteiger partial charge in [-0.15, -0.1) is 0 Å². The maximum absolute atomic E-state index is 12.4. The second-order valence-corrected chi connectivity index (χ2v) is 6.33. The molecule has 3 rings (SSSR count). The first-order valence-corrected chi connectivity index (χ1v) is 7.93. The lowest BCUT2D eigenvalue weighted by Crippen LogP contribution is -2.47. The SMILES string of the molecule is COc1cccc2c1CCN(C(=O)NC[C@]1(C)CCCO1)C2. The van der Waals surface area contributed by atoms with Crippen molar-refractivity contribution in [2.24, 2.45) is 0 Å². The minimum Gasteiger partial charge on any atom is -0.496 e. The van der Waals surface area contributed by atoms with Crippen molar-refractivity contribution in [1.29, 1.82) is 0 Å². The lowest BCUT2D eigenvalue weighted by atomic mass is 9.99. The highest BCUT2D eigenvalue weighted by Gasteiger charge is 2.31.